The SMILES string of the molecule is COCCCn1c(-c2ccc3c(c2)OCCO3)cc(C(N)=O)c1C. The number of benzene rings is 1. The molecular formula is C18H22N2O4. The van der Waals surface area contributed by atoms with Gasteiger partial charge >= 0.3 is 0 Å². The normalized spacial score (nSPS) is 13.1. The summed E-state index contributed by atoms with van der Waals surface area (Å²) in [6.07, 6.45) is 0.849. The van der Waals surface area contributed by atoms with E-state index in [2.05, 4.69) is 4.57 Å². The van der Waals surface area contributed by atoms with E-state index in [1.54, 1.807) is 7.11 Å². The fourth-order valence-corrected chi connectivity index (χ4v) is 2.99. The number of aromatic nitrogens is 1. The molecule has 3 rings (SSSR count). The standard InChI is InChI=1S/C18H22N2O4/c1-12-14(18(19)21)11-15(20(12)6-3-7-22-2)13-4-5-16-17(10-13)24-9-8-23-16/h4-5,10-11H,3,6-9H2,1-2H3,(H2,19,21). The van der Waals surface area contributed by atoms with Gasteiger partial charge in [0.2, 0.25) is 0 Å². The zero-order valence-corrected chi connectivity index (χ0v) is 14.0. The maximum atomic E-state index is 11.7. The molecule has 0 radical (unpaired) electrons. The van der Waals surface area contributed by atoms with Crippen LogP contribution in [0.25, 0.3) is 11.3 Å². The topological polar surface area (TPSA) is 75.7 Å². The van der Waals surface area contributed by atoms with Crippen molar-refractivity contribution in [3.05, 3.63) is 35.5 Å². The molecule has 1 aromatic heterocycles. The van der Waals surface area contributed by atoms with Crippen molar-refractivity contribution in [2.75, 3.05) is 26.9 Å². The van der Waals surface area contributed by atoms with Crippen LogP contribution in [0.1, 0.15) is 22.5 Å². The minimum atomic E-state index is -0.420. The van der Waals surface area contributed by atoms with E-state index in [1.165, 1.54) is 0 Å². The maximum absolute atomic E-state index is 11.7. The third-order valence-electron chi connectivity index (χ3n) is 4.20. The summed E-state index contributed by atoms with van der Waals surface area (Å²) >= 11 is 0. The molecule has 0 unspecified atom stereocenters. The number of carbonyl (C=O) groups is 1. The first-order valence-corrected chi connectivity index (χ1v) is 8.00. The number of methoxy groups -OCH3 is 1. The third-order valence-corrected chi connectivity index (χ3v) is 4.20. The number of amides is 1. The lowest BCUT2D eigenvalue weighted by molar-refractivity contribution is 0.0999. The summed E-state index contributed by atoms with van der Waals surface area (Å²) in [7, 11) is 1.68. The lowest BCUT2D eigenvalue weighted by Crippen LogP contribution is -2.15. The minimum Gasteiger partial charge on any atom is -0.486 e. The fraction of sp³-hybridized carbons (Fsp3) is 0.389. The quantitative estimate of drug-likeness (QED) is 0.825. The first-order chi connectivity index (χ1) is 11.6. The van der Waals surface area contributed by atoms with Crippen molar-refractivity contribution in [2.24, 2.45) is 5.73 Å². The van der Waals surface area contributed by atoms with Gasteiger partial charge in [-0.05, 0) is 37.6 Å². The average molecular weight is 330 g/mol. The monoisotopic (exact) mass is 330 g/mol. The molecule has 1 amide bonds. The smallest absolute Gasteiger partial charge is 0.250 e. The highest BCUT2D eigenvalue weighted by molar-refractivity contribution is 5.95. The van der Waals surface area contributed by atoms with E-state index < -0.39 is 5.91 Å². The van der Waals surface area contributed by atoms with Gasteiger partial charge in [0.1, 0.15) is 13.2 Å². The molecule has 0 spiro atoms. The largest absolute Gasteiger partial charge is 0.486 e. The summed E-state index contributed by atoms with van der Waals surface area (Å²) in [6.45, 7) is 4.41. The Bertz CT molecular complexity index is 752. The Labute approximate surface area is 141 Å². The first kappa shape index (κ1) is 16.4. The van der Waals surface area contributed by atoms with E-state index in [0.717, 1.165) is 41.4 Å². The van der Waals surface area contributed by atoms with Gasteiger partial charge in [-0.3, -0.25) is 4.79 Å². The van der Waals surface area contributed by atoms with Crippen LogP contribution < -0.4 is 15.2 Å². The first-order valence-electron chi connectivity index (χ1n) is 8.00. The number of fused-ring (bicyclic) bond motifs is 1. The van der Waals surface area contributed by atoms with Crippen molar-refractivity contribution in [1.82, 2.24) is 4.57 Å². The third kappa shape index (κ3) is 3.10. The Kier molecular flexibility index (Phi) is 4.76. The molecular weight excluding hydrogens is 308 g/mol. The van der Waals surface area contributed by atoms with Crippen molar-refractivity contribution >= 4 is 5.91 Å². The van der Waals surface area contributed by atoms with Gasteiger partial charge < -0.3 is 24.5 Å². The Morgan fingerprint density at radius 3 is 2.71 bits per heavy atom. The number of nitrogens with zero attached hydrogens (tertiary/aromatic N) is 1. The molecule has 1 aromatic carbocycles. The molecule has 0 fully saturated rings. The van der Waals surface area contributed by atoms with Crippen molar-refractivity contribution in [1.29, 1.82) is 0 Å². The number of hydrogen-bond donors (Lipinski definition) is 1. The molecule has 6 heteroatoms. The summed E-state index contributed by atoms with van der Waals surface area (Å²) < 4.78 is 18.5. The van der Waals surface area contributed by atoms with E-state index in [4.69, 9.17) is 19.9 Å². The Balaban J connectivity index is 2.02. The summed E-state index contributed by atoms with van der Waals surface area (Å²) in [5.74, 6) is 1.05. The second-order valence-electron chi connectivity index (χ2n) is 5.75. The predicted molar refractivity (Wildman–Crippen MR) is 90.6 cm³/mol. The molecule has 0 saturated carbocycles. The molecule has 128 valence electrons. The molecule has 2 N–H and O–H groups in total. The van der Waals surface area contributed by atoms with E-state index in [0.29, 0.717) is 25.4 Å². The zero-order valence-electron chi connectivity index (χ0n) is 14.0. The van der Waals surface area contributed by atoms with E-state index in [9.17, 15) is 4.79 Å². The van der Waals surface area contributed by atoms with Crippen LogP contribution in [-0.2, 0) is 11.3 Å². The van der Waals surface area contributed by atoms with Gasteiger partial charge in [-0.1, -0.05) is 0 Å². The predicted octanol–water partition coefficient (Wildman–Crippen LogP) is 2.37. The number of rotatable bonds is 6. The Morgan fingerprint density at radius 1 is 1.25 bits per heavy atom. The zero-order chi connectivity index (χ0) is 17.1. The molecule has 1 aliphatic heterocycles. The molecule has 2 heterocycles. The Morgan fingerprint density at radius 2 is 2.00 bits per heavy atom. The van der Waals surface area contributed by atoms with Crippen molar-refractivity contribution in [3.8, 4) is 22.8 Å². The summed E-state index contributed by atoms with van der Waals surface area (Å²) in [6, 6.07) is 7.66. The molecule has 6 nitrogen and oxygen atoms in total. The summed E-state index contributed by atoms with van der Waals surface area (Å²) in [4.78, 5) is 11.7. The van der Waals surface area contributed by atoms with Crippen LogP contribution >= 0.6 is 0 Å². The highest BCUT2D eigenvalue weighted by atomic mass is 16.6. The van der Waals surface area contributed by atoms with E-state index >= 15 is 0 Å². The highest BCUT2D eigenvalue weighted by Crippen LogP contribution is 2.36. The van der Waals surface area contributed by atoms with Gasteiger partial charge in [-0.2, -0.15) is 0 Å². The molecule has 1 aliphatic rings. The van der Waals surface area contributed by atoms with Crippen molar-refractivity contribution in [2.45, 2.75) is 19.9 Å². The molecule has 0 bridgehead atoms. The van der Waals surface area contributed by atoms with Gasteiger partial charge in [0, 0.05) is 37.2 Å². The van der Waals surface area contributed by atoms with Crippen molar-refractivity contribution in [3.63, 3.8) is 0 Å². The van der Waals surface area contributed by atoms with E-state index in [1.807, 2.05) is 31.2 Å². The average Bonchev–Trinajstić information content (AvgIpc) is 2.92. The second-order valence-corrected chi connectivity index (χ2v) is 5.75. The lowest BCUT2D eigenvalue weighted by Gasteiger charge is -2.19. The van der Waals surface area contributed by atoms with Crippen LogP contribution in [-0.4, -0.2) is 37.4 Å². The maximum Gasteiger partial charge on any atom is 0.250 e. The molecule has 0 aliphatic carbocycles. The summed E-state index contributed by atoms with van der Waals surface area (Å²) in [5, 5.41) is 0. The van der Waals surface area contributed by atoms with Crippen LogP contribution in [0.15, 0.2) is 24.3 Å². The number of hydrogen-bond acceptors (Lipinski definition) is 4. The number of nitrogens with two attached hydrogens (primary N) is 1. The van der Waals surface area contributed by atoms with Gasteiger partial charge in [0.25, 0.3) is 5.91 Å². The van der Waals surface area contributed by atoms with Crippen molar-refractivity contribution < 1.29 is 19.0 Å². The van der Waals surface area contributed by atoms with Crippen LogP contribution in [0.5, 0.6) is 11.5 Å². The number of primary amides is 1. The van der Waals surface area contributed by atoms with Crippen LogP contribution in [0.3, 0.4) is 0 Å². The molecule has 24 heavy (non-hydrogen) atoms. The second kappa shape index (κ2) is 6.97. The summed E-state index contributed by atoms with van der Waals surface area (Å²) in [5.41, 5.74) is 8.83. The van der Waals surface area contributed by atoms with Crippen LogP contribution in [0.4, 0.5) is 0 Å². The van der Waals surface area contributed by atoms with Gasteiger partial charge in [0.15, 0.2) is 11.5 Å². The van der Waals surface area contributed by atoms with Gasteiger partial charge in [-0.15, -0.1) is 0 Å². The number of carbonyl (C=O) groups excluding carboxylic acids is 1. The van der Waals surface area contributed by atoms with Crippen LogP contribution in [0.2, 0.25) is 0 Å². The molecule has 2 aromatic rings. The van der Waals surface area contributed by atoms with Gasteiger partial charge in [-0.25, -0.2) is 0 Å². The van der Waals surface area contributed by atoms with Gasteiger partial charge in [0.05, 0.1) is 5.56 Å². The van der Waals surface area contributed by atoms with E-state index in [-0.39, 0.29) is 0 Å². The molecule has 0 saturated heterocycles. The number of ether oxygens (including phenoxy) is 3. The lowest BCUT2D eigenvalue weighted by atomic mass is 10.1. The minimum absolute atomic E-state index is 0.420. The molecule has 0 atom stereocenters. The highest BCUT2D eigenvalue weighted by Gasteiger charge is 2.19. The van der Waals surface area contributed by atoms with Crippen LogP contribution in [0, 0.1) is 6.92 Å². The Hall–Kier alpha value is -2.47. The fourth-order valence-electron chi connectivity index (χ4n) is 2.99.